The quantitative estimate of drug-likeness (QED) is 0.468. The van der Waals surface area contributed by atoms with Crippen molar-refractivity contribution in [3.63, 3.8) is 0 Å². The van der Waals surface area contributed by atoms with E-state index in [4.69, 9.17) is 5.11 Å². The average Bonchev–Trinajstić information content (AvgIpc) is 2.81. The number of aromatic hydroxyl groups is 1. The van der Waals surface area contributed by atoms with Crippen LogP contribution in [0.3, 0.4) is 0 Å². The van der Waals surface area contributed by atoms with Crippen molar-refractivity contribution in [2.45, 2.75) is 18.6 Å². The second-order valence-electron chi connectivity index (χ2n) is 4.58. The molecule has 1 aliphatic heterocycles. The topological polar surface area (TPSA) is 111 Å². The lowest BCUT2D eigenvalue weighted by molar-refractivity contribution is -0.138. The number of carbonyl (C=O) groups excluding carboxylic acids is 1. The molecule has 1 atom stereocenters. The fraction of sp³-hybridized carbons (Fsp3) is 0.231. The van der Waals surface area contributed by atoms with Crippen LogP contribution in [0, 0.1) is 6.92 Å². The Labute approximate surface area is 152 Å². The predicted octanol–water partition coefficient (Wildman–Crippen LogP) is 2.62. The third kappa shape index (κ3) is 4.33. The number of amides is 1. The molecule has 122 valence electrons. The maximum atomic E-state index is 11.6. The molecule has 3 N–H and O–H groups in total. The first kappa shape index (κ1) is 18.0. The summed E-state index contributed by atoms with van der Waals surface area (Å²) >= 11 is 7.66. The van der Waals surface area contributed by atoms with E-state index in [0.29, 0.717) is 10.0 Å². The van der Waals surface area contributed by atoms with E-state index >= 15 is 0 Å². The molecule has 1 heterocycles. The van der Waals surface area contributed by atoms with Crippen LogP contribution in [0.2, 0.25) is 0 Å². The maximum Gasteiger partial charge on any atom is 0.305 e. The summed E-state index contributed by atoms with van der Waals surface area (Å²) < 4.78 is 1.34. The van der Waals surface area contributed by atoms with Crippen LogP contribution in [0.25, 0.3) is 0 Å². The van der Waals surface area contributed by atoms with E-state index in [9.17, 15) is 14.7 Å². The molecule has 1 aliphatic rings. The highest BCUT2D eigenvalue weighted by Crippen LogP contribution is 2.35. The van der Waals surface area contributed by atoms with Crippen molar-refractivity contribution in [3.8, 4) is 5.75 Å². The number of rotatable bonds is 4. The highest BCUT2D eigenvalue weighted by Gasteiger charge is 2.32. The van der Waals surface area contributed by atoms with Crippen LogP contribution in [0.1, 0.15) is 17.5 Å². The first-order valence-corrected chi connectivity index (χ1v) is 8.74. The fourth-order valence-electron chi connectivity index (χ4n) is 1.71. The number of nitrogens with one attached hydrogen (secondary N) is 1. The summed E-state index contributed by atoms with van der Waals surface area (Å²) in [6.45, 7) is 1.84. The summed E-state index contributed by atoms with van der Waals surface area (Å²) in [5.41, 5.74) is 1.29. The Morgan fingerprint density at radius 1 is 1.52 bits per heavy atom. The van der Waals surface area contributed by atoms with Crippen LogP contribution in [0.5, 0.6) is 5.75 Å². The minimum absolute atomic E-state index is 0.0292. The van der Waals surface area contributed by atoms with E-state index in [1.165, 1.54) is 6.21 Å². The number of carbonyl (C=O) groups is 2. The van der Waals surface area contributed by atoms with Gasteiger partial charge in [0, 0.05) is 10.0 Å². The molecular formula is C13H11Br2N3O4S. The first-order valence-electron chi connectivity index (χ1n) is 6.27. The lowest BCUT2D eigenvalue weighted by Gasteiger charge is -2.06. The summed E-state index contributed by atoms with van der Waals surface area (Å²) in [4.78, 5) is 22.2. The molecule has 1 amide bonds. The number of benzene rings is 1. The molecule has 0 radical (unpaired) electrons. The zero-order chi connectivity index (χ0) is 17.1. The zero-order valence-corrected chi connectivity index (χ0v) is 15.7. The van der Waals surface area contributed by atoms with Crippen molar-refractivity contribution in [1.82, 2.24) is 5.32 Å². The van der Waals surface area contributed by atoms with E-state index in [1.807, 2.05) is 6.92 Å². The van der Waals surface area contributed by atoms with Crippen molar-refractivity contribution in [2.75, 3.05) is 0 Å². The number of hydrogen-bond acceptors (Lipinski definition) is 6. The number of thioether (sulfide) groups is 1. The third-order valence-corrected chi connectivity index (χ3v) is 5.80. The number of halogens is 2. The van der Waals surface area contributed by atoms with Crippen molar-refractivity contribution < 1.29 is 19.8 Å². The number of amidine groups is 1. The van der Waals surface area contributed by atoms with Crippen LogP contribution >= 0.6 is 43.6 Å². The molecule has 0 saturated carbocycles. The molecule has 1 aromatic rings. The number of nitrogens with zero attached hydrogens (tertiary/aromatic N) is 2. The summed E-state index contributed by atoms with van der Waals surface area (Å²) in [7, 11) is 0. The Hall–Kier alpha value is -1.39. The molecule has 1 fully saturated rings. The second-order valence-corrected chi connectivity index (χ2v) is 7.42. The van der Waals surface area contributed by atoms with Crippen LogP contribution in [0.15, 0.2) is 25.2 Å². The van der Waals surface area contributed by atoms with Gasteiger partial charge in [0.1, 0.15) is 11.0 Å². The number of carboxylic acids is 1. The van der Waals surface area contributed by atoms with Crippen molar-refractivity contribution >= 4 is 66.9 Å². The summed E-state index contributed by atoms with van der Waals surface area (Å²) in [6, 6.07) is 1.69. The van der Waals surface area contributed by atoms with Gasteiger partial charge in [0.05, 0.1) is 17.1 Å². The smallest absolute Gasteiger partial charge is 0.305 e. The summed E-state index contributed by atoms with van der Waals surface area (Å²) in [5, 5.41) is 28.4. The van der Waals surface area contributed by atoms with E-state index < -0.39 is 17.1 Å². The number of aliphatic carboxylic acids is 1. The Morgan fingerprint density at radius 2 is 2.22 bits per heavy atom. The predicted molar refractivity (Wildman–Crippen MR) is 95.0 cm³/mol. The van der Waals surface area contributed by atoms with Gasteiger partial charge in [-0.15, -0.1) is 5.10 Å². The van der Waals surface area contributed by atoms with Crippen molar-refractivity contribution in [1.29, 1.82) is 0 Å². The van der Waals surface area contributed by atoms with Gasteiger partial charge in [-0.3, -0.25) is 9.59 Å². The fourth-order valence-corrected chi connectivity index (χ4v) is 3.78. The lowest BCUT2D eigenvalue weighted by Crippen LogP contribution is -2.26. The Balaban J connectivity index is 2.13. The molecular weight excluding hydrogens is 454 g/mol. The van der Waals surface area contributed by atoms with Gasteiger partial charge in [-0.05, 0) is 34.5 Å². The molecule has 0 spiro atoms. The highest BCUT2D eigenvalue weighted by molar-refractivity contribution is 9.11. The van der Waals surface area contributed by atoms with Gasteiger partial charge in [0.2, 0.25) is 5.91 Å². The summed E-state index contributed by atoms with van der Waals surface area (Å²) in [5.74, 6) is -1.43. The standard InChI is InChI=1S/C13H11Br2N3O4S/c1-5-7(14)2-6(11(21)10(5)15)4-16-18-13-17-12(22)8(23-13)3-9(19)20/h2,4,8,21H,3H2,1H3,(H,19,20)(H,17,18,22). The number of phenolic OH excluding ortho intramolecular Hbond substituents is 1. The van der Waals surface area contributed by atoms with Crippen LogP contribution in [-0.4, -0.2) is 38.7 Å². The molecule has 10 heteroatoms. The normalized spacial score (nSPS) is 19.5. The van der Waals surface area contributed by atoms with Gasteiger partial charge in [-0.2, -0.15) is 5.10 Å². The van der Waals surface area contributed by atoms with Gasteiger partial charge in [-0.25, -0.2) is 0 Å². The molecule has 0 aliphatic carbocycles. The van der Waals surface area contributed by atoms with E-state index in [2.05, 4.69) is 47.4 Å². The Bertz CT molecular complexity index is 736. The molecule has 2 rings (SSSR count). The van der Waals surface area contributed by atoms with E-state index in [1.54, 1.807) is 6.07 Å². The molecule has 0 aromatic heterocycles. The van der Waals surface area contributed by atoms with Gasteiger partial charge in [0.15, 0.2) is 5.17 Å². The average molecular weight is 465 g/mol. The highest BCUT2D eigenvalue weighted by atomic mass is 79.9. The minimum atomic E-state index is -1.05. The van der Waals surface area contributed by atoms with Crippen molar-refractivity contribution in [3.05, 3.63) is 26.1 Å². The number of phenols is 1. The SMILES string of the molecule is Cc1c(Br)cc(C=NN=C2NC(=O)C(CC(=O)O)S2)c(O)c1Br. The zero-order valence-electron chi connectivity index (χ0n) is 11.7. The number of carboxylic acid groups (broad SMARTS) is 1. The first-order chi connectivity index (χ1) is 10.8. The van der Waals surface area contributed by atoms with Crippen molar-refractivity contribution in [2.24, 2.45) is 10.2 Å². The van der Waals surface area contributed by atoms with Gasteiger partial charge in [-0.1, -0.05) is 27.7 Å². The van der Waals surface area contributed by atoms with Gasteiger partial charge >= 0.3 is 5.97 Å². The molecule has 1 aromatic carbocycles. The van der Waals surface area contributed by atoms with E-state index in [0.717, 1.165) is 21.8 Å². The molecule has 7 nitrogen and oxygen atoms in total. The van der Waals surface area contributed by atoms with Gasteiger partial charge < -0.3 is 15.5 Å². The third-order valence-electron chi connectivity index (χ3n) is 2.93. The van der Waals surface area contributed by atoms with E-state index in [-0.39, 0.29) is 17.3 Å². The minimum Gasteiger partial charge on any atom is -0.506 e. The van der Waals surface area contributed by atoms with Crippen LogP contribution < -0.4 is 5.32 Å². The van der Waals surface area contributed by atoms with Crippen LogP contribution in [-0.2, 0) is 9.59 Å². The maximum absolute atomic E-state index is 11.6. The van der Waals surface area contributed by atoms with Gasteiger partial charge in [0.25, 0.3) is 0 Å². The molecule has 1 unspecified atom stereocenters. The molecule has 0 bridgehead atoms. The second kappa shape index (κ2) is 7.45. The summed E-state index contributed by atoms with van der Waals surface area (Å²) in [6.07, 6.45) is 1.06. The lowest BCUT2D eigenvalue weighted by atomic mass is 10.1. The number of hydrogen-bond donors (Lipinski definition) is 3. The Morgan fingerprint density at radius 3 is 2.87 bits per heavy atom. The molecule has 23 heavy (non-hydrogen) atoms. The molecule has 1 saturated heterocycles. The Kier molecular flexibility index (Phi) is 5.82. The monoisotopic (exact) mass is 463 g/mol. The van der Waals surface area contributed by atoms with Crippen LogP contribution in [0.4, 0.5) is 0 Å². The largest absolute Gasteiger partial charge is 0.506 e.